The van der Waals surface area contributed by atoms with Crippen molar-refractivity contribution in [2.24, 2.45) is 0 Å². The smallest absolute Gasteiger partial charge is 0.344 e. The number of nitrogens with one attached hydrogen (secondary N) is 1. The van der Waals surface area contributed by atoms with Gasteiger partial charge in [-0.15, -0.1) is 5.10 Å². The molecule has 2 N–H and O–H groups in total. The molecular weight excluding hydrogens is 286 g/mol. The highest BCUT2D eigenvalue weighted by Gasteiger charge is 2.25. The monoisotopic (exact) mass is 303 g/mol. The lowest BCUT2D eigenvalue weighted by atomic mass is 9.95. The summed E-state index contributed by atoms with van der Waals surface area (Å²) in [4.78, 5) is 22.4. The Bertz CT molecular complexity index is 492. The Morgan fingerprint density at radius 2 is 2.16 bits per heavy atom. The molecule has 0 spiro atoms. The number of hydrogen-bond acceptors (Lipinski definition) is 5. The Morgan fingerprint density at radius 1 is 1.47 bits per heavy atom. The maximum Gasteiger partial charge on any atom is 0.344 e. The molecule has 1 saturated carbocycles. The Kier molecular flexibility index (Phi) is 4.98. The molecular formula is C11H17N3O3S2. The van der Waals surface area contributed by atoms with Gasteiger partial charge in [-0.25, -0.2) is 9.89 Å². The Balaban J connectivity index is 2.09. The fourth-order valence-corrected chi connectivity index (χ4v) is 3.86. The summed E-state index contributed by atoms with van der Waals surface area (Å²) >= 11 is 2.97. The number of rotatable bonds is 5. The zero-order chi connectivity index (χ0) is 13.8. The molecule has 1 aromatic rings. The van der Waals surface area contributed by atoms with E-state index >= 15 is 0 Å². The Morgan fingerprint density at radius 3 is 2.74 bits per heavy atom. The molecule has 2 rings (SSSR count). The van der Waals surface area contributed by atoms with Gasteiger partial charge in [0.1, 0.15) is 0 Å². The van der Waals surface area contributed by atoms with Gasteiger partial charge in [-0.1, -0.05) is 11.8 Å². The van der Waals surface area contributed by atoms with Gasteiger partial charge in [-0.3, -0.25) is 9.36 Å². The van der Waals surface area contributed by atoms with Crippen LogP contribution in [0, 0.1) is 0 Å². The highest BCUT2D eigenvalue weighted by atomic mass is 32.2. The molecule has 0 aliphatic heterocycles. The molecule has 1 fully saturated rings. The van der Waals surface area contributed by atoms with Crippen LogP contribution in [0.1, 0.15) is 31.7 Å². The number of aromatic amines is 1. The first-order chi connectivity index (χ1) is 9.11. The molecule has 0 atom stereocenters. The zero-order valence-corrected chi connectivity index (χ0v) is 12.3. The van der Waals surface area contributed by atoms with Crippen LogP contribution in [0.25, 0.3) is 0 Å². The molecule has 1 aliphatic rings. The minimum Gasteiger partial charge on any atom is -0.481 e. The third-order valence-corrected chi connectivity index (χ3v) is 5.41. The van der Waals surface area contributed by atoms with E-state index in [2.05, 4.69) is 16.5 Å². The number of aliphatic carboxylic acids is 1. The van der Waals surface area contributed by atoms with Crippen molar-refractivity contribution in [1.82, 2.24) is 14.8 Å². The van der Waals surface area contributed by atoms with Gasteiger partial charge in [0.15, 0.2) is 5.16 Å². The second-order valence-corrected chi connectivity index (χ2v) is 6.61. The van der Waals surface area contributed by atoms with Gasteiger partial charge in [0, 0.05) is 11.3 Å². The fraction of sp³-hybridized carbons (Fsp3) is 0.727. The van der Waals surface area contributed by atoms with Crippen LogP contribution >= 0.6 is 23.5 Å². The van der Waals surface area contributed by atoms with E-state index in [0.717, 1.165) is 37.4 Å². The van der Waals surface area contributed by atoms with Crippen LogP contribution in [0.4, 0.5) is 0 Å². The first-order valence-electron chi connectivity index (χ1n) is 6.16. The third-order valence-electron chi connectivity index (χ3n) is 3.34. The largest absolute Gasteiger partial charge is 0.481 e. The van der Waals surface area contributed by atoms with Gasteiger partial charge in [0.2, 0.25) is 0 Å². The summed E-state index contributed by atoms with van der Waals surface area (Å²) in [7, 11) is 0. The van der Waals surface area contributed by atoms with Crippen molar-refractivity contribution in [2.75, 3.05) is 12.0 Å². The van der Waals surface area contributed by atoms with Crippen molar-refractivity contribution in [3.8, 4) is 0 Å². The first kappa shape index (κ1) is 14.5. The predicted molar refractivity (Wildman–Crippen MR) is 76.0 cm³/mol. The summed E-state index contributed by atoms with van der Waals surface area (Å²) in [6, 6.07) is 0.144. The van der Waals surface area contributed by atoms with Crippen LogP contribution in [0.5, 0.6) is 0 Å². The highest BCUT2D eigenvalue weighted by molar-refractivity contribution is 7.99. The van der Waals surface area contributed by atoms with Crippen LogP contribution in [0.3, 0.4) is 0 Å². The van der Waals surface area contributed by atoms with E-state index in [0.29, 0.717) is 10.4 Å². The van der Waals surface area contributed by atoms with E-state index in [9.17, 15) is 9.59 Å². The van der Waals surface area contributed by atoms with Crippen LogP contribution in [-0.2, 0) is 4.79 Å². The summed E-state index contributed by atoms with van der Waals surface area (Å²) in [5.74, 6) is -0.983. The van der Waals surface area contributed by atoms with Crippen LogP contribution in [0.15, 0.2) is 9.95 Å². The van der Waals surface area contributed by atoms with Gasteiger partial charge in [0.25, 0.3) is 0 Å². The molecule has 1 aromatic heterocycles. The number of carbonyl (C=O) groups is 1. The molecule has 1 aliphatic carbocycles. The van der Waals surface area contributed by atoms with Crippen molar-refractivity contribution in [2.45, 2.75) is 42.1 Å². The van der Waals surface area contributed by atoms with Crippen LogP contribution in [0.2, 0.25) is 0 Å². The van der Waals surface area contributed by atoms with Crippen LogP contribution in [-0.4, -0.2) is 43.1 Å². The predicted octanol–water partition coefficient (Wildman–Crippen LogP) is 1.59. The number of aromatic nitrogens is 3. The van der Waals surface area contributed by atoms with Gasteiger partial charge in [-0.2, -0.15) is 11.8 Å². The molecule has 0 radical (unpaired) electrons. The molecule has 0 bridgehead atoms. The zero-order valence-electron chi connectivity index (χ0n) is 10.7. The molecule has 0 saturated heterocycles. The summed E-state index contributed by atoms with van der Waals surface area (Å²) in [6.45, 7) is 0. The molecule has 0 aromatic carbocycles. The normalized spacial score (nSPS) is 23.4. The number of thioether (sulfide) groups is 2. The summed E-state index contributed by atoms with van der Waals surface area (Å²) < 4.78 is 1.63. The molecule has 19 heavy (non-hydrogen) atoms. The topological polar surface area (TPSA) is 88.0 Å². The Hall–Kier alpha value is -0.890. The van der Waals surface area contributed by atoms with Gasteiger partial charge in [-0.05, 0) is 31.9 Å². The highest BCUT2D eigenvalue weighted by Crippen LogP contribution is 2.34. The number of H-pyrrole nitrogens is 1. The van der Waals surface area contributed by atoms with E-state index in [1.165, 1.54) is 0 Å². The molecule has 8 heteroatoms. The van der Waals surface area contributed by atoms with Gasteiger partial charge >= 0.3 is 11.7 Å². The number of carboxylic acids is 1. The number of carboxylic acid groups (broad SMARTS) is 1. The lowest BCUT2D eigenvalue weighted by molar-refractivity contribution is -0.133. The van der Waals surface area contributed by atoms with Gasteiger partial charge < -0.3 is 5.11 Å². The second kappa shape index (κ2) is 6.51. The maximum absolute atomic E-state index is 11.8. The van der Waals surface area contributed by atoms with Crippen molar-refractivity contribution >= 4 is 29.5 Å². The van der Waals surface area contributed by atoms with E-state index in [4.69, 9.17) is 5.11 Å². The van der Waals surface area contributed by atoms with Crippen LogP contribution < -0.4 is 5.69 Å². The molecule has 6 nitrogen and oxygen atoms in total. The van der Waals surface area contributed by atoms with Crippen molar-refractivity contribution in [3.63, 3.8) is 0 Å². The lowest BCUT2D eigenvalue weighted by Gasteiger charge is -2.28. The average Bonchev–Trinajstić information content (AvgIpc) is 2.78. The first-order valence-corrected chi connectivity index (χ1v) is 8.43. The Labute approximate surface area is 119 Å². The molecule has 1 heterocycles. The minimum absolute atomic E-state index is 0.0789. The third kappa shape index (κ3) is 3.56. The lowest BCUT2D eigenvalue weighted by Crippen LogP contribution is -2.27. The standard InChI is InChI=1S/C11H17N3O3S2/c1-18-8-4-2-7(3-5-8)14-10(17)12-13-11(14)19-6-9(15)16/h7-8H,2-6H2,1H3,(H,12,17)(H,15,16). The summed E-state index contributed by atoms with van der Waals surface area (Å²) in [6.07, 6.45) is 6.19. The van der Waals surface area contributed by atoms with Crippen molar-refractivity contribution in [3.05, 3.63) is 10.5 Å². The van der Waals surface area contributed by atoms with E-state index < -0.39 is 5.97 Å². The number of hydrogen-bond donors (Lipinski definition) is 2. The number of nitrogens with zero attached hydrogens (tertiary/aromatic N) is 2. The van der Waals surface area contributed by atoms with E-state index in [1.807, 2.05) is 11.8 Å². The quantitative estimate of drug-likeness (QED) is 0.803. The van der Waals surface area contributed by atoms with Crippen molar-refractivity contribution in [1.29, 1.82) is 0 Å². The summed E-state index contributed by atoms with van der Waals surface area (Å²) in [5, 5.41) is 16.2. The average molecular weight is 303 g/mol. The summed E-state index contributed by atoms with van der Waals surface area (Å²) in [5.41, 5.74) is -0.236. The van der Waals surface area contributed by atoms with Gasteiger partial charge in [0.05, 0.1) is 5.75 Å². The molecule has 0 amide bonds. The minimum atomic E-state index is -0.905. The van der Waals surface area contributed by atoms with E-state index in [1.54, 1.807) is 4.57 Å². The maximum atomic E-state index is 11.8. The fourth-order valence-electron chi connectivity index (χ4n) is 2.38. The molecule has 106 valence electrons. The SMILES string of the molecule is CSC1CCC(n2c(SCC(=O)O)n[nH]c2=O)CC1. The molecule has 0 unspecified atom stereocenters. The second-order valence-electron chi connectivity index (χ2n) is 4.53. The van der Waals surface area contributed by atoms with Crippen molar-refractivity contribution < 1.29 is 9.90 Å². The van der Waals surface area contributed by atoms with E-state index in [-0.39, 0.29) is 17.5 Å².